The average molecular weight is 265 g/mol. The SMILES string of the molecule is CCSCC(C)NCC(c1ccccc1)C(C)C. The summed E-state index contributed by atoms with van der Waals surface area (Å²) in [7, 11) is 0. The molecule has 0 amide bonds. The van der Waals surface area contributed by atoms with Crippen LogP contribution in [-0.2, 0) is 0 Å². The van der Waals surface area contributed by atoms with Gasteiger partial charge in [-0.3, -0.25) is 0 Å². The maximum atomic E-state index is 3.68. The Balaban J connectivity index is 2.49. The van der Waals surface area contributed by atoms with Crippen LogP contribution >= 0.6 is 11.8 Å². The largest absolute Gasteiger partial charge is 0.313 e. The Labute approximate surface area is 117 Å². The van der Waals surface area contributed by atoms with Gasteiger partial charge in [0, 0.05) is 18.3 Å². The molecule has 18 heavy (non-hydrogen) atoms. The molecule has 1 N–H and O–H groups in total. The number of thioether (sulfide) groups is 1. The van der Waals surface area contributed by atoms with Crippen LogP contribution in [0.25, 0.3) is 0 Å². The summed E-state index contributed by atoms with van der Waals surface area (Å²) >= 11 is 2.01. The fourth-order valence-electron chi connectivity index (χ4n) is 2.12. The van der Waals surface area contributed by atoms with Crippen LogP contribution in [0.4, 0.5) is 0 Å². The summed E-state index contributed by atoms with van der Waals surface area (Å²) in [4.78, 5) is 0. The topological polar surface area (TPSA) is 12.0 Å². The third-order valence-corrected chi connectivity index (χ3v) is 4.43. The molecule has 0 saturated carbocycles. The predicted octanol–water partition coefficient (Wildman–Crippen LogP) is 4.16. The van der Waals surface area contributed by atoms with Crippen LogP contribution in [-0.4, -0.2) is 24.1 Å². The Morgan fingerprint density at radius 3 is 2.33 bits per heavy atom. The van der Waals surface area contributed by atoms with Crippen LogP contribution in [0.1, 0.15) is 39.2 Å². The average Bonchev–Trinajstić information content (AvgIpc) is 2.37. The molecule has 0 fully saturated rings. The Morgan fingerprint density at radius 2 is 1.78 bits per heavy atom. The summed E-state index contributed by atoms with van der Waals surface area (Å²) in [5, 5.41) is 3.68. The van der Waals surface area contributed by atoms with Crippen molar-refractivity contribution in [1.29, 1.82) is 0 Å². The summed E-state index contributed by atoms with van der Waals surface area (Å²) in [6.45, 7) is 10.2. The van der Waals surface area contributed by atoms with Crippen molar-refractivity contribution in [2.24, 2.45) is 5.92 Å². The number of benzene rings is 1. The van der Waals surface area contributed by atoms with Crippen LogP contribution in [0.2, 0.25) is 0 Å². The second-order valence-corrected chi connectivity index (χ2v) is 6.55. The summed E-state index contributed by atoms with van der Waals surface area (Å²) in [6.07, 6.45) is 0. The van der Waals surface area contributed by atoms with Crippen molar-refractivity contribution in [1.82, 2.24) is 5.32 Å². The molecule has 2 atom stereocenters. The molecule has 0 aromatic heterocycles. The van der Waals surface area contributed by atoms with Crippen molar-refractivity contribution in [3.63, 3.8) is 0 Å². The van der Waals surface area contributed by atoms with E-state index in [0.29, 0.717) is 17.9 Å². The Hall–Kier alpha value is -0.470. The summed E-state index contributed by atoms with van der Waals surface area (Å²) < 4.78 is 0. The molecule has 0 heterocycles. The fraction of sp³-hybridized carbons (Fsp3) is 0.625. The van der Waals surface area contributed by atoms with E-state index in [1.54, 1.807) is 0 Å². The molecule has 2 unspecified atom stereocenters. The molecule has 1 aromatic rings. The first-order valence-electron chi connectivity index (χ1n) is 7.01. The Morgan fingerprint density at radius 1 is 1.11 bits per heavy atom. The van der Waals surface area contributed by atoms with Crippen molar-refractivity contribution in [3.8, 4) is 0 Å². The fourth-order valence-corrected chi connectivity index (χ4v) is 2.83. The number of hydrogen-bond donors (Lipinski definition) is 1. The minimum absolute atomic E-state index is 0.597. The van der Waals surface area contributed by atoms with Crippen LogP contribution in [0.3, 0.4) is 0 Å². The van der Waals surface area contributed by atoms with Crippen LogP contribution < -0.4 is 5.32 Å². The minimum atomic E-state index is 0.597. The van der Waals surface area contributed by atoms with Gasteiger partial charge in [0.2, 0.25) is 0 Å². The molecule has 0 spiro atoms. The van der Waals surface area contributed by atoms with Crippen LogP contribution in [0, 0.1) is 5.92 Å². The molecule has 0 aliphatic rings. The molecule has 2 heteroatoms. The van der Waals surface area contributed by atoms with E-state index in [-0.39, 0.29) is 0 Å². The highest BCUT2D eigenvalue weighted by atomic mass is 32.2. The first kappa shape index (κ1) is 15.6. The van der Waals surface area contributed by atoms with Crippen LogP contribution in [0.5, 0.6) is 0 Å². The van der Waals surface area contributed by atoms with E-state index in [0.717, 1.165) is 6.54 Å². The second-order valence-electron chi connectivity index (χ2n) is 5.23. The van der Waals surface area contributed by atoms with E-state index in [1.165, 1.54) is 17.1 Å². The van der Waals surface area contributed by atoms with Gasteiger partial charge in [0.05, 0.1) is 0 Å². The lowest BCUT2D eigenvalue weighted by Crippen LogP contribution is -2.33. The van der Waals surface area contributed by atoms with Gasteiger partial charge in [-0.25, -0.2) is 0 Å². The first-order chi connectivity index (χ1) is 8.65. The van der Waals surface area contributed by atoms with Gasteiger partial charge in [-0.15, -0.1) is 0 Å². The quantitative estimate of drug-likeness (QED) is 0.757. The van der Waals surface area contributed by atoms with Crippen molar-refractivity contribution >= 4 is 11.8 Å². The zero-order valence-corrected chi connectivity index (χ0v) is 13.0. The van der Waals surface area contributed by atoms with Gasteiger partial charge in [0.15, 0.2) is 0 Å². The lowest BCUT2D eigenvalue weighted by atomic mass is 9.88. The minimum Gasteiger partial charge on any atom is -0.313 e. The molecule has 0 aliphatic heterocycles. The van der Waals surface area contributed by atoms with Gasteiger partial charge in [0.1, 0.15) is 0 Å². The lowest BCUT2D eigenvalue weighted by Gasteiger charge is -2.24. The molecule has 0 aliphatic carbocycles. The molecule has 102 valence electrons. The van der Waals surface area contributed by atoms with Gasteiger partial charge in [-0.2, -0.15) is 11.8 Å². The predicted molar refractivity (Wildman–Crippen MR) is 84.5 cm³/mol. The highest BCUT2D eigenvalue weighted by molar-refractivity contribution is 7.99. The molecular weight excluding hydrogens is 238 g/mol. The highest BCUT2D eigenvalue weighted by Crippen LogP contribution is 2.23. The van der Waals surface area contributed by atoms with Crippen molar-refractivity contribution < 1.29 is 0 Å². The summed E-state index contributed by atoms with van der Waals surface area (Å²) in [5.74, 6) is 3.69. The number of rotatable bonds is 8. The maximum absolute atomic E-state index is 3.68. The molecule has 1 rings (SSSR count). The molecule has 0 saturated heterocycles. The molecule has 0 bridgehead atoms. The standard InChI is InChI=1S/C16H27NS/c1-5-18-12-14(4)17-11-16(13(2)3)15-9-7-6-8-10-15/h6-10,13-14,16-17H,5,11-12H2,1-4H3. The van der Waals surface area contributed by atoms with E-state index < -0.39 is 0 Å². The lowest BCUT2D eigenvalue weighted by molar-refractivity contribution is 0.443. The van der Waals surface area contributed by atoms with Gasteiger partial charge in [0.25, 0.3) is 0 Å². The monoisotopic (exact) mass is 265 g/mol. The Bertz CT molecular complexity index is 310. The summed E-state index contributed by atoms with van der Waals surface area (Å²) in [6, 6.07) is 11.5. The second kappa shape index (κ2) is 8.60. The normalized spacial score (nSPS) is 14.7. The van der Waals surface area contributed by atoms with Crippen molar-refractivity contribution in [3.05, 3.63) is 35.9 Å². The molecule has 0 radical (unpaired) electrons. The zero-order valence-electron chi connectivity index (χ0n) is 12.1. The Kier molecular flexibility index (Phi) is 7.45. The highest BCUT2D eigenvalue weighted by Gasteiger charge is 2.16. The van der Waals surface area contributed by atoms with Gasteiger partial charge >= 0.3 is 0 Å². The third kappa shape index (κ3) is 5.45. The van der Waals surface area contributed by atoms with Crippen molar-refractivity contribution in [2.45, 2.75) is 39.7 Å². The maximum Gasteiger partial charge on any atom is 0.0130 e. The number of hydrogen-bond acceptors (Lipinski definition) is 2. The van der Waals surface area contributed by atoms with Gasteiger partial charge in [-0.05, 0) is 30.1 Å². The molecule has 1 nitrogen and oxygen atoms in total. The van der Waals surface area contributed by atoms with Gasteiger partial charge in [-0.1, -0.05) is 51.1 Å². The van der Waals surface area contributed by atoms with E-state index in [1.807, 2.05) is 11.8 Å². The molecular formula is C16H27NS. The summed E-state index contributed by atoms with van der Waals surface area (Å²) in [5.41, 5.74) is 1.45. The van der Waals surface area contributed by atoms with E-state index in [9.17, 15) is 0 Å². The number of nitrogens with one attached hydrogen (secondary N) is 1. The van der Waals surface area contributed by atoms with Gasteiger partial charge < -0.3 is 5.32 Å². The van der Waals surface area contributed by atoms with E-state index in [2.05, 4.69) is 63.3 Å². The zero-order chi connectivity index (χ0) is 13.4. The van der Waals surface area contributed by atoms with E-state index >= 15 is 0 Å². The first-order valence-corrected chi connectivity index (χ1v) is 8.16. The van der Waals surface area contributed by atoms with Crippen molar-refractivity contribution in [2.75, 3.05) is 18.1 Å². The third-order valence-electron chi connectivity index (χ3n) is 3.29. The smallest absolute Gasteiger partial charge is 0.0130 e. The van der Waals surface area contributed by atoms with E-state index in [4.69, 9.17) is 0 Å². The molecule has 1 aromatic carbocycles. The van der Waals surface area contributed by atoms with Crippen LogP contribution in [0.15, 0.2) is 30.3 Å².